The third-order valence-electron chi connectivity index (χ3n) is 5.69. The molecule has 1 aromatic carbocycles. The number of fused-ring (bicyclic) bond motifs is 1. The van der Waals surface area contributed by atoms with Crippen LogP contribution >= 0.6 is 0 Å². The van der Waals surface area contributed by atoms with Crippen LogP contribution in [0.4, 0.5) is 5.69 Å². The van der Waals surface area contributed by atoms with E-state index >= 15 is 0 Å². The molecule has 1 unspecified atom stereocenters. The highest BCUT2D eigenvalue weighted by atomic mass is 16.5. The van der Waals surface area contributed by atoms with Crippen LogP contribution in [-0.4, -0.2) is 49.2 Å². The first-order valence-corrected chi connectivity index (χ1v) is 9.77. The summed E-state index contributed by atoms with van der Waals surface area (Å²) >= 11 is 0. The van der Waals surface area contributed by atoms with Gasteiger partial charge in [0.15, 0.2) is 0 Å². The van der Waals surface area contributed by atoms with Crippen molar-refractivity contribution in [3.63, 3.8) is 0 Å². The molecule has 0 radical (unpaired) electrons. The van der Waals surface area contributed by atoms with Crippen molar-refractivity contribution in [1.29, 1.82) is 5.26 Å². The molecule has 0 saturated carbocycles. The highest BCUT2D eigenvalue weighted by Gasteiger charge is 2.35. The topological polar surface area (TPSA) is 56.6 Å². The number of nitrogens with zero attached hydrogens (tertiary/aromatic N) is 3. The summed E-state index contributed by atoms with van der Waals surface area (Å²) in [5, 5.41) is 9.52. The molecule has 1 amide bonds. The highest BCUT2D eigenvalue weighted by molar-refractivity contribution is 6.01. The Labute approximate surface area is 162 Å². The molecule has 0 spiro atoms. The van der Waals surface area contributed by atoms with Crippen molar-refractivity contribution in [2.24, 2.45) is 0 Å². The van der Waals surface area contributed by atoms with Crippen molar-refractivity contribution in [2.75, 3.05) is 37.7 Å². The predicted molar refractivity (Wildman–Crippen MR) is 108 cm³/mol. The number of benzene rings is 1. The van der Waals surface area contributed by atoms with Gasteiger partial charge < -0.3 is 14.5 Å². The zero-order chi connectivity index (χ0) is 19.6. The molecule has 0 aliphatic carbocycles. The van der Waals surface area contributed by atoms with Crippen LogP contribution in [0.5, 0.6) is 0 Å². The zero-order valence-electron chi connectivity index (χ0n) is 16.8. The van der Waals surface area contributed by atoms with Gasteiger partial charge in [0.05, 0.1) is 13.2 Å². The maximum Gasteiger partial charge on any atom is 0.264 e. The molecular weight excluding hydrogens is 338 g/mol. The summed E-state index contributed by atoms with van der Waals surface area (Å²) in [7, 11) is 0. The molecule has 5 nitrogen and oxygen atoms in total. The second-order valence-corrected chi connectivity index (χ2v) is 8.05. The van der Waals surface area contributed by atoms with Crippen LogP contribution in [0.2, 0.25) is 0 Å². The third kappa shape index (κ3) is 3.86. The number of hydrogen-bond donors (Lipinski definition) is 0. The van der Waals surface area contributed by atoms with Gasteiger partial charge in [0.25, 0.3) is 5.91 Å². The second-order valence-electron chi connectivity index (χ2n) is 8.05. The Hall–Kier alpha value is -2.32. The molecule has 1 atom stereocenters. The number of anilines is 1. The lowest BCUT2D eigenvalue weighted by Crippen LogP contribution is -2.48. The third-order valence-corrected chi connectivity index (χ3v) is 5.69. The van der Waals surface area contributed by atoms with Crippen molar-refractivity contribution in [1.82, 2.24) is 4.90 Å². The molecule has 27 heavy (non-hydrogen) atoms. The molecule has 2 heterocycles. The van der Waals surface area contributed by atoms with Gasteiger partial charge in [0.2, 0.25) is 0 Å². The van der Waals surface area contributed by atoms with Crippen molar-refractivity contribution >= 4 is 17.7 Å². The Morgan fingerprint density at radius 1 is 1.37 bits per heavy atom. The predicted octanol–water partition coefficient (Wildman–Crippen LogP) is 3.56. The maximum atomic E-state index is 12.6. The Bertz CT molecular complexity index is 785. The molecule has 0 aromatic heterocycles. The SMILES string of the molecule is CCN1c2ccc(/C=C(/C#N)C(=O)N3CCOCC3)cc2C(C)CC1(C)C. The number of ether oxygens (including phenoxy) is 1. The quantitative estimate of drug-likeness (QED) is 0.605. The van der Waals surface area contributed by atoms with Gasteiger partial charge in [-0.2, -0.15) is 5.26 Å². The normalized spacial score (nSPS) is 22.2. The zero-order valence-corrected chi connectivity index (χ0v) is 16.8. The molecule has 1 saturated heterocycles. The monoisotopic (exact) mass is 367 g/mol. The summed E-state index contributed by atoms with van der Waals surface area (Å²) in [6, 6.07) is 8.38. The molecule has 0 N–H and O–H groups in total. The minimum Gasteiger partial charge on any atom is -0.378 e. The summed E-state index contributed by atoms with van der Waals surface area (Å²) in [5.74, 6) is 0.231. The lowest BCUT2D eigenvalue weighted by Gasteiger charge is -2.47. The maximum absolute atomic E-state index is 12.6. The van der Waals surface area contributed by atoms with Crippen LogP contribution in [-0.2, 0) is 9.53 Å². The largest absolute Gasteiger partial charge is 0.378 e. The lowest BCUT2D eigenvalue weighted by atomic mass is 9.79. The Morgan fingerprint density at radius 2 is 2.07 bits per heavy atom. The number of carbonyl (C=O) groups is 1. The summed E-state index contributed by atoms with van der Waals surface area (Å²) < 4.78 is 5.29. The van der Waals surface area contributed by atoms with E-state index in [2.05, 4.69) is 50.8 Å². The Balaban J connectivity index is 1.92. The summed E-state index contributed by atoms with van der Waals surface area (Å²) in [5.41, 5.74) is 3.78. The minimum atomic E-state index is -0.206. The number of nitriles is 1. The average Bonchev–Trinajstić information content (AvgIpc) is 2.66. The molecular formula is C22H29N3O2. The first-order valence-electron chi connectivity index (χ1n) is 9.77. The fraction of sp³-hybridized carbons (Fsp3) is 0.545. The van der Waals surface area contributed by atoms with Crippen LogP contribution in [0.3, 0.4) is 0 Å². The van der Waals surface area contributed by atoms with Crippen LogP contribution in [0, 0.1) is 11.3 Å². The van der Waals surface area contributed by atoms with Crippen molar-refractivity contribution in [2.45, 2.75) is 45.6 Å². The highest BCUT2D eigenvalue weighted by Crippen LogP contribution is 2.43. The molecule has 2 aliphatic rings. The van der Waals surface area contributed by atoms with Crippen molar-refractivity contribution < 1.29 is 9.53 Å². The van der Waals surface area contributed by atoms with E-state index in [1.165, 1.54) is 11.3 Å². The van der Waals surface area contributed by atoms with Gasteiger partial charge in [-0.25, -0.2) is 0 Å². The summed E-state index contributed by atoms with van der Waals surface area (Å²) in [4.78, 5) is 16.8. The van der Waals surface area contributed by atoms with E-state index in [0.717, 1.165) is 18.5 Å². The molecule has 1 fully saturated rings. The van der Waals surface area contributed by atoms with E-state index in [4.69, 9.17) is 4.74 Å². The first kappa shape index (κ1) is 19.4. The van der Waals surface area contributed by atoms with E-state index in [1.807, 2.05) is 6.07 Å². The van der Waals surface area contributed by atoms with Crippen molar-refractivity contribution in [3.8, 4) is 6.07 Å². The number of amides is 1. The van der Waals surface area contributed by atoms with Gasteiger partial charge in [-0.05, 0) is 62.4 Å². The summed E-state index contributed by atoms with van der Waals surface area (Å²) in [6.07, 6.45) is 2.81. The van der Waals surface area contributed by atoms with E-state index in [-0.39, 0.29) is 17.0 Å². The molecule has 144 valence electrons. The number of hydrogen-bond acceptors (Lipinski definition) is 4. The van der Waals surface area contributed by atoms with E-state index < -0.39 is 0 Å². The van der Waals surface area contributed by atoms with E-state index in [0.29, 0.717) is 32.2 Å². The van der Waals surface area contributed by atoms with Gasteiger partial charge in [0.1, 0.15) is 11.6 Å². The Morgan fingerprint density at radius 3 is 2.70 bits per heavy atom. The van der Waals surface area contributed by atoms with Gasteiger partial charge in [-0.15, -0.1) is 0 Å². The second kappa shape index (κ2) is 7.74. The van der Waals surface area contributed by atoms with Gasteiger partial charge >= 0.3 is 0 Å². The van der Waals surface area contributed by atoms with Crippen LogP contribution in [0.25, 0.3) is 6.08 Å². The molecule has 1 aromatic rings. The Kier molecular flexibility index (Phi) is 5.57. The average molecular weight is 367 g/mol. The van der Waals surface area contributed by atoms with Crippen LogP contribution < -0.4 is 4.90 Å². The first-order chi connectivity index (χ1) is 12.9. The fourth-order valence-electron chi connectivity index (χ4n) is 4.44. The smallest absolute Gasteiger partial charge is 0.264 e. The standard InChI is InChI=1S/C22H29N3O2/c1-5-25-20-7-6-17(13-19(20)16(2)14-22(25,3)4)12-18(15-23)21(26)24-8-10-27-11-9-24/h6-7,12-13,16H,5,8-11,14H2,1-4H3/b18-12-. The molecule has 5 heteroatoms. The van der Waals surface area contributed by atoms with Crippen molar-refractivity contribution in [3.05, 3.63) is 34.9 Å². The molecule has 0 bridgehead atoms. The molecule has 2 aliphatic heterocycles. The minimum absolute atomic E-state index is 0.128. The molecule has 3 rings (SSSR count). The van der Waals surface area contributed by atoms with Gasteiger partial charge in [-0.1, -0.05) is 13.0 Å². The number of morpholine rings is 1. The summed E-state index contributed by atoms with van der Waals surface area (Å²) in [6.45, 7) is 12.1. The van der Waals surface area contributed by atoms with Gasteiger partial charge in [-0.3, -0.25) is 4.79 Å². The van der Waals surface area contributed by atoms with E-state index in [1.54, 1.807) is 11.0 Å². The van der Waals surface area contributed by atoms with Crippen LogP contribution in [0.1, 0.15) is 51.2 Å². The lowest BCUT2D eigenvalue weighted by molar-refractivity contribution is -0.130. The van der Waals surface area contributed by atoms with Crippen LogP contribution in [0.15, 0.2) is 23.8 Å². The number of rotatable bonds is 3. The van der Waals surface area contributed by atoms with Gasteiger partial charge in [0, 0.05) is 30.9 Å². The number of carbonyl (C=O) groups excluding carboxylic acids is 1. The fourth-order valence-corrected chi connectivity index (χ4v) is 4.44. The van der Waals surface area contributed by atoms with E-state index in [9.17, 15) is 10.1 Å².